The Labute approximate surface area is 77.1 Å². The molecular formula is C7H17N3O3. The summed E-state index contributed by atoms with van der Waals surface area (Å²) >= 11 is 0. The molecule has 0 aliphatic heterocycles. The Balaban J connectivity index is 4.20. The lowest BCUT2D eigenvalue weighted by atomic mass is 10.2. The van der Waals surface area contributed by atoms with Gasteiger partial charge in [-0.25, -0.2) is 0 Å². The molecule has 0 unspecified atom stereocenters. The molecule has 0 bridgehead atoms. The first-order valence-electron chi connectivity index (χ1n) is 4.15. The fraction of sp³-hybridized carbons (Fsp3) is 0.857. The number of carboxylic acids is 1. The van der Waals surface area contributed by atoms with Crippen molar-refractivity contribution < 1.29 is 15.0 Å². The number of aliphatic hydroxyl groups is 1. The van der Waals surface area contributed by atoms with Gasteiger partial charge in [-0.05, 0) is 0 Å². The fourth-order valence-electron chi connectivity index (χ4n) is 1.10. The highest BCUT2D eigenvalue weighted by Crippen LogP contribution is 1.97. The summed E-state index contributed by atoms with van der Waals surface area (Å²) in [5, 5.41) is 17.5. The van der Waals surface area contributed by atoms with E-state index in [0.29, 0.717) is 26.2 Å². The zero-order valence-corrected chi connectivity index (χ0v) is 7.52. The Hall–Kier alpha value is -0.690. The van der Waals surface area contributed by atoms with Crippen LogP contribution in [0, 0.1) is 0 Å². The summed E-state index contributed by atoms with van der Waals surface area (Å²) < 4.78 is 0. The summed E-state index contributed by atoms with van der Waals surface area (Å²) in [6.07, 6.45) is 0. The van der Waals surface area contributed by atoms with Gasteiger partial charge in [0.05, 0.1) is 6.61 Å². The molecular weight excluding hydrogens is 174 g/mol. The number of hydrogen-bond acceptors (Lipinski definition) is 5. The van der Waals surface area contributed by atoms with Crippen LogP contribution in [0.2, 0.25) is 0 Å². The second-order valence-electron chi connectivity index (χ2n) is 2.65. The molecule has 0 aromatic carbocycles. The van der Waals surface area contributed by atoms with Gasteiger partial charge in [0.25, 0.3) is 0 Å². The number of nitrogens with two attached hydrogens (primary N) is 2. The van der Waals surface area contributed by atoms with Crippen LogP contribution in [0.3, 0.4) is 0 Å². The third kappa shape index (κ3) is 4.18. The molecule has 0 radical (unpaired) electrons. The minimum atomic E-state index is -1.05. The molecule has 0 aliphatic rings. The lowest BCUT2D eigenvalue weighted by Gasteiger charge is -2.26. The molecule has 78 valence electrons. The van der Waals surface area contributed by atoms with Gasteiger partial charge in [0, 0.05) is 26.2 Å². The fourth-order valence-corrected chi connectivity index (χ4v) is 1.10. The van der Waals surface area contributed by atoms with Gasteiger partial charge in [0.1, 0.15) is 6.04 Å². The molecule has 0 aromatic rings. The van der Waals surface area contributed by atoms with E-state index in [1.165, 1.54) is 0 Å². The number of aliphatic hydroxyl groups excluding tert-OH is 1. The second-order valence-corrected chi connectivity index (χ2v) is 2.65. The third-order valence-corrected chi connectivity index (χ3v) is 1.73. The Kier molecular flexibility index (Phi) is 6.43. The highest BCUT2D eigenvalue weighted by Gasteiger charge is 2.23. The van der Waals surface area contributed by atoms with Crippen molar-refractivity contribution in [3.63, 3.8) is 0 Å². The SMILES string of the molecule is NCCN(CCN)[C@@H](CO)C(=O)O. The van der Waals surface area contributed by atoms with Crippen molar-refractivity contribution in [2.24, 2.45) is 11.5 Å². The topological polar surface area (TPSA) is 113 Å². The lowest BCUT2D eigenvalue weighted by Crippen LogP contribution is -2.47. The van der Waals surface area contributed by atoms with Crippen LogP contribution in [0.4, 0.5) is 0 Å². The molecule has 0 saturated carbocycles. The monoisotopic (exact) mass is 191 g/mol. The zero-order valence-electron chi connectivity index (χ0n) is 7.52. The molecule has 6 heteroatoms. The average molecular weight is 191 g/mol. The highest BCUT2D eigenvalue weighted by molar-refractivity contribution is 5.73. The maximum absolute atomic E-state index is 10.6. The molecule has 0 spiro atoms. The number of carboxylic acid groups (broad SMARTS) is 1. The first kappa shape index (κ1) is 12.3. The zero-order chi connectivity index (χ0) is 10.3. The van der Waals surface area contributed by atoms with E-state index in [2.05, 4.69) is 0 Å². The van der Waals surface area contributed by atoms with Crippen molar-refractivity contribution >= 4 is 5.97 Å². The number of nitrogens with zero attached hydrogens (tertiary/aromatic N) is 1. The predicted molar refractivity (Wildman–Crippen MR) is 48.2 cm³/mol. The number of hydrogen-bond donors (Lipinski definition) is 4. The summed E-state index contributed by atoms with van der Waals surface area (Å²) in [6, 6.07) is -0.896. The van der Waals surface area contributed by atoms with Crippen LogP contribution in [0.1, 0.15) is 0 Å². The van der Waals surface area contributed by atoms with Gasteiger partial charge >= 0.3 is 5.97 Å². The molecule has 6 N–H and O–H groups in total. The number of aliphatic carboxylic acids is 1. The Morgan fingerprint density at radius 1 is 1.31 bits per heavy atom. The van der Waals surface area contributed by atoms with Crippen LogP contribution in [-0.4, -0.2) is 59.9 Å². The van der Waals surface area contributed by atoms with E-state index < -0.39 is 18.6 Å². The van der Waals surface area contributed by atoms with Crippen LogP contribution in [0.5, 0.6) is 0 Å². The van der Waals surface area contributed by atoms with Gasteiger partial charge in [-0.15, -0.1) is 0 Å². The van der Waals surface area contributed by atoms with Gasteiger partial charge < -0.3 is 21.7 Å². The van der Waals surface area contributed by atoms with Gasteiger partial charge in [0.15, 0.2) is 0 Å². The maximum Gasteiger partial charge on any atom is 0.323 e. The number of carbonyl (C=O) groups is 1. The molecule has 0 aromatic heterocycles. The van der Waals surface area contributed by atoms with E-state index in [1.807, 2.05) is 0 Å². The Morgan fingerprint density at radius 2 is 1.77 bits per heavy atom. The van der Waals surface area contributed by atoms with Crippen LogP contribution in [0.15, 0.2) is 0 Å². The average Bonchev–Trinajstić information content (AvgIpc) is 2.05. The quantitative estimate of drug-likeness (QED) is 0.358. The van der Waals surface area contributed by atoms with Gasteiger partial charge in [-0.1, -0.05) is 0 Å². The van der Waals surface area contributed by atoms with Gasteiger partial charge in [-0.2, -0.15) is 0 Å². The van der Waals surface area contributed by atoms with E-state index in [4.69, 9.17) is 21.7 Å². The first-order chi connectivity index (χ1) is 6.17. The molecule has 0 heterocycles. The molecule has 13 heavy (non-hydrogen) atoms. The Bertz CT molecular complexity index is 148. The normalized spacial score (nSPS) is 13.2. The van der Waals surface area contributed by atoms with E-state index >= 15 is 0 Å². The smallest absolute Gasteiger partial charge is 0.323 e. The van der Waals surface area contributed by atoms with Gasteiger partial charge in [0.2, 0.25) is 0 Å². The van der Waals surface area contributed by atoms with E-state index in [-0.39, 0.29) is 0 Å². The molecule has 0 aliphatic carbocycles. The van der Waals surface area contributed by atoms with Gasteiger partial charge in [-0.3, -0.25) is 9.69 Å². The molecule has 0 amide bonds. The molecule has 1 atom stereocenters. The Morgan fingerprint density at radius 3 is 2.00 bits per heavy atom. The van der Waals surface area contributed by atoms with E-state index in [1.54, 1.807) is 4.90 Å². The minimum absolute atomic E-state index is 0.351. The van der Waals surface area contributed by atoms with Crippen LogP contribution >= 0.6 is 0 Å². The number of rotatable bonds is 7. The summed E-state index contributed by atoms with van der Waals surface area (Å²) in [7, 11) is 0. The molecule has 0 saturated heterocycles. The molecule has 0 fully saturated rings. The standard InChI is InChI=1S/C7H17N3O3/c8-1-3-10(4-2-9)6(5-11)7(12)13/h6,11H,1-5,8-9H2,(H,12,13)/t6-/m0/s1. The largest absolute Gasteiger partial charge is 0.480 e. The van der Waals surface area contributed by atoms with Crippen LogP contribution in [0.25, 0.3) is 0 Å². The molecule has 6 nitrogen and oxygen atoms in total. The van der Waals surface area contributed by atoms with Crippen molar-refractivity contribution in [1.82, 2.24) is 4.90 Å². The first-order valence-corrected chi connectivity index (χ1v) is 4.15. The van der Waals surface area contributed by atoms with Crippen molar-refractivity contribution in [2.75, 3.05) is 32.8 Å². The van der Waals surface area contributed by atoms with Crippen LogP contribution in [-0.2, 0) is 4.79 Å². The highest BCUT2D eigenvalue weighted by atomic mass is 16.4. The minimum Gasteiger partial charge on any atom is -0.480 e. The summed E-state index contributed by atoms with van der Waals surface area (Å²) in [4.78, 5) is 12.2. The lowest BCUT2D eigenvalue weighted by molar-refractivity contribution is -0.144. The summed E-state index contributed by atoms with van der Waals surface area (Å²) in [5.74, 6) is -1.05. The molecule has 0 rings (SSSR count). The maximum atomic E-state index is 10.6. The van der Waals surface area contributed by atoms with E-state index in [0.717, 1.165) is 0 Å². The van der Waals surface area contributed by atoms with Crippen molar-refractivity contribution in [3.05, 3.63) is 0 Å². The van der Waals surface area contributed by atoms with E-state index in [9.17, 15) is 4.79 Å². The second kappa shape index (κ2) is 6.79. The van der Waals surface area contributed by atoms with Crippen molar-refractivity contribution in [1.29, 1.82) is 0 Å². The third-order valence-electron chi connectivity index (χ3n) is 1.73. The van der Waals surface area contributed by atoms with Crippen LogP contribution < -0.4 is 11.5 Å². The predicted octanol–water partition coefficient (Wildman–Crippen LogP) is -2.35. The van der Waals surface area contributed by atoms with Crippen molar-refractivity contribution in [2.45, 2.75) is 6.04 Å². The summed E-state index contributed by atoms with van der Waals surface area (Å²) in [5.41, 5.74) is 10.6. The summed E-state index contributed by atoms with van der Waals surface area (Å²) in [6.45, 7) is 1.13. The van der Waals surface area contributed by atoms with Crippen molar-refractivity contribution in [3.8, 4) is 0 Å².